The molecule has 3 rings (SSSR count). The van der Waals surface area contributed by atoms with E-state index >= 15 is 0 Å². The molecule has 0 saturated carbocycles. The van der Waals surface area contributed by atoms with Gasteiger partial charge in [-0.15, -0.1) is 0 Å². The maximum atomic E-state index is 13.9. The minimum atomic E-state index is -4.87. The Labute approximate surface area is 221 Å². The van der Waals surface area contributed by atoms with Crippen LogP contribution in [0.25, 0.3) is 10.8 Å². The van der Waals surface area contributed by atoms with Gasteiger partial charge < -0.3 is 29.8 Å². The van der Waals surface area contributed by atoms with Crippen molar-refractivity contribution < 1.29 is 47.1 Å². The summed E-state index contributed by atoms with van der Waals surface area (Å²) in [4.78, 5) is 48.0. The highest BCUT2D eigenvalue weighted by Gasteiger charge is 2.27. The van der Waals surface area contributed by atoms with E-state index < -0.39 is 56.9 Å². The quantitative estimate of drug-likeness (QED) is 0.218. The lowest BCUT2D eigenvalue weighted by Gasteiger charge is -2.29. The van der Waals surface area contributed by atoms with Gasteiger partial charge in [-0.05, 0) is 23.9 Å². The molecular weight excluding hydrogens is 541 g/mol. The number of aliphatic hydroxyl groups is 1. The van der Waals surface area contributed by atoms with Crippen LogP contribution >= 0.6 is 7.82 Å². The molecule has 15 heteroatoms. The number of aromatic nitrogens is 1. The highest BCUT2D eigenvalue weighted by molar-refractivity contribution is 7.46. The summed E-state index contributed by atoms with van der Waals surface area (Å²) in [5.41, 5.74) is -0.109. The number of nitrogens with one attached hydrogen (secondary N) is 2. The van der Waals surface area contributed by atoms with Gasteiger partial charge in [-0.3, -0.25) is 9.84 Å². The van der Waals surface area contributed by atoms with Gasteiger partial charge in [-0.2, -0.15) is 0 Å². The maximum absolute atomic E-state index is 13.9. The Morgan fingerprint density at radius 2 is 1.82 bits per heavy atom. The number of aliphatic hydroxyl groups excluding tert-OH is 1. The summed E-state index contributed by atoms with van der Waals surface area (Å²) in [6, 6.07) is 10.6. The number of pyridine rings is 1. The second kappa shape index (κ2) is 13.4. The molecule has 0 fully saturated rings. The molecule has 0 radical (unpaired) electrons. The predicted molar refractivity (Wildman–Crippen MR) is 135 cm³/mol. The minimum Gasteiger partial charge on any atom is -0.447 e. The van der Waals surface area contributed by atoms with Crippen molar-refractivity contribution in [2.45, 2.75) is 25.1 Å². The van der Waals surface area contributed by atoms with Gasteiger partial charge in [0, 0.05) is 30.7 Å². The van der Waals surface area contributed by atoms with Crippen LogP contribution in [-0.4, -0.2) is 69.3 Å². The summed E-state index contributed by atoms with van der Waals surface area (Å²) in [7, 11) is -3.57. The molecular formula is C24H27F2N4O8P. The van der Waals surface area contributed by atoms with Gasteiger partial charge >= 0.3 is 19.9 Å². The van der Waals surface area contributed by atoms with Crippen LogP contribution < -0.4 is 10.6 Å². The number of ether oxygens (including phenoxy) is 1. The van der Waals surface area contributed by atoms with Crippen LogP contribution in [0.2, 0.25) is 0 Å². The normalized spacial score (nSPS) is 13.0. The van der Waals surface area contributed by atoms with E-state index in [1.54, 1.807) is 12.3 Å². The first-order valence-corrected chi connectivity index (χ1v) is 13.1. The van der Waals surface area contributed by atoms with Crippen molar-refractivity contribution in [1.82, 2.24) is 15.2 Å². The van der Waals surface area contributed by atoms with E-state index in [9.17, 15) is 28.0 Å². The van der Waals surface area contributed by atoms with Gasteiger partial charge in [-0.25, -0.2) is 27.9 Å². The Balaban J connectivity index is 1.64. The lowest BCUT2D eigenvalue weighted by Crippen LogP contribution is -2.47. The lowest BCUT2D eigenvalue weighted by atomic mass is 10.1. The van der Waals surface area contributed by atoms with Crippen LogP contribution in [0.1, 0.15) is 12.0 Å². The smallest absolute Gasteiger partial charge is 0.447 e. The third-order valence-corrected chi connectivity index (χ3v) is 6.06. The molecule has 2 atom stereocenters. The Morgan fingerprint density at radius 3 is 2.54 bits per heavy atom. The summed E-state index contributed by atoms with van der Waals surface area (Å²) < 4.78 is 47.8. The van der Waals surface area contributed by atoms with Crippen molar-refractivity contribution in [2.24, 2.45) is 0 Å². The van der Waals surface area contributed by atoms with Crippen LogP contribution in [0.5, 0.6) is 0 Å². The number of benzene rings is 2. The average molecular weight is 568 g/mol. The van der Waals surface area contributed by atoms with Crippen molar-refractivity contribution >= 4 is 36.5 Å². The monoisotopic (exact) mass is 568 g/mol. The van der Waals surface area contributed by atoms with E-state index in [2.05, 4.69) is 20.1 Å². The fourth-order valence-electron chi connectivity index (χ4n) is 3.51. The number of carbonyl (C=O) groups is 2. The molecule has 2 aromatic carbocycles. The van der Waals surface area contributed by atoms with E-state index in [1.165, 1.54) is 19.2 Å². The molecule has 0 aliphatic rings. The minimum absolute atomic E-state index is 0.109. The molecule has 0 aliphatic heterocycles. The molecule has 3 amide bonds. The highest BCUT2D eigenvalue weighted by Crippen LogP contribution is 2.35. The molecule has 1 aromatic heterocycles. The highest BCUT2D eigenvalue weighted by atomic mass is 31.2. The maximum Gasteiger partial charge on any atom is 0.469 e. The molecule has 12 nitrogen and oxygen atoms in total. The number of hydrogen-bond acceptors (Lipinski definition) is 7. The Morgan fingerprint density at radius 1 is 1.10 bits per heavy atom. The van der Waals surface area contributed by atoms with Crippen LogP contribution in [0.4, 0.5) is 24.2 Å². The summed E-state index contributed by atoms with van der Waals surface area (Å²) in [5.74, 6) is -2.00. The second-order valence-electron chi connectivity index (χ2n) is 8.45. The first kappa shape index (κ1) is 29.9. The Kier molecular flexibility index (Phi) is 10.3. The van der Waals surface area contributed by atoms with Gasteiger partial charge in [0.2, 0.25) is 0 Å². The van der Waals surface area contributed by atoms with E-state index in [4.69, 9.17) is 14.5 Å². The number of anilines is 1. The zero-order chi connectivity index (χ0) is 28.6. The van der Waals surface area contributed by atoms with Gasteiger partial charge in [0.25, 0.3) is 0 Å². The van der Waals surface area contributed by atoms with E-state index in [1.807, 2.05) is 24.3 Å². The molecule has 0 spiro atoms. The molecule has 0 unspecified atom stereocenters. The lowest BCUT2D eigenvalue weighted by molar-refractivity contribution is 0.0452. The number of rotatable bonds is 11. The molecule has 0 bridgehead atoms. The Bertz CT molecular complexity index is 1360. The topological polar surface area (TPSA) is 171 Å². The zero-order valence-electron chi connectivity index (χ0n) is 20.7. The van der Waals surface area contributed by atoms with Crippen LogP contribution in [0.3, 0.4) is 0 Å². The van der Waals surface area contributed by atoms with Crippen molar-refractivity contribution in [3.8, 4) is 0 Å². The van der Waals surface area contributed by atoms with Crippen molar-refractivity contribution in [3.05, 3.63) is 71.9 Å². The van der Waals surface area contributed by atoms with Gasteiger partial charge in [-0.1, -0.05) is 36.4 Å². The standard InChI is InChI=1S/C24H27F2N4O8P/c1-30(23(32)28-12-17-7-4-8-20(25)22(17)26)18(10-19(31)14-38-39(34,35)36)13-37-24(33)29-21-9-15-5-2-3-6-16(15)11-27-21/h2-9,11,18-19,31H,10,12-14H2,1H3,(H,28,32)(H,27,29,33)(H2,34,35,36)/t18-,19-/m0/s1. The van der Waals surface area contributed by atoms with Gasteiger partial charge in [0.05, 0.1) is 18.8 Å². The SMILES string of the molecule is CN(C(=O)NCc1cccc(F)c1F)[C@H](COC(=O)Nc1cc2ccccc2cn1)C[C@H](O)COP(=O)(O)O. The van der Waals surface area contributed by atoms with Crippen molar-refractivity contribution in [3.63, 3.8) is 0 Å². The molecule has 0 aliphatic carbocycles. The van der Waals surface area contributed by atoms with Gasteiger partial charge in [0.1, 0.15) is 12.4 Å². The average Bonchev–Trinajstić information content (AvgIpc) is 2.89. The predicted octanol–water partition coefficient (Wildman–Crippen LogP) is 3.13. The molecule has 39 heavy (non-hydrogen) atoms. The first-order valence-electron chi connectivity index (χ1n) is 11.5. The fourth-order valence-corrected chi connectivity index (χ4v) is 3.88. The summed E-state index contributed by atoms with van der Waals surface area (Å²) >= 11 is 0. The largest absolute Gasteiger partial charge is 0.469 e. The number of carbonyl (C=O) groups excluding carboxylic acids is 2. The second-order valence-corrected chi connectivity index (χ2v) is 9.69. The first-order chi connectivity index (χ1) is 18.4. The summed E-state index contributed by atoms with van der Waals surface area (Å²) in [6.07, 6.45) is -1.14. The summed E-state index contributed by atoms with van der Waals surface area (Å²) in [6.45, 7) is -1.58. The Hall–Kier alpha value is -3.68. The number of likely N-dealkylation sites (N-methyl/N-ethyl adjacent to an activating group) is 1. The van der Waals surface area contributed by atoms with Crippen molar-refractivity contribution in [2.75, 3.05) is 25.6 Å². The van der Waals surface area contributed by atoms with E-state index in [0.29, 0.717) is 0 Å². The van der Waals surface area contributed by atoms with Crippen LogP contribution in [0.15, 0.2) is 54.7 Å². The number of phosphoric ester groups is 1. The molecule has 5 N–H and O–H groups in total. The summed E-state index contributed by atoms with van der Waals surface area (Å²) in [5, 5.41) is 16.7. The molecule has 0 saturated heterocycles. The van der Waals surface area contributed by atoms with Gasteiger partial charge in [0.15, 0.2) is 11.6 Å². The molecule has 3 aromatic rings. The molecule has 1 heterocycles. The number of hydrogen-bond donors (Lipinski definition) is 5. The zero-order valence-corrected chi connectivity index (χ0v) is 21.6. The van der Waals surface area contributed by atoms with E-state index in [-0.39, 0.29) is 24.3 Å². The third-order valence-electron chi connectivity index (χ3n) is 5.58. The number of amides is 3. The van der Waals surface area contributed by atoms with Crippen LogP contribution in [-0.2, 0) is 20.4 Å². The third kappa shape index (κ3) is 9.23. The number of halogens is 2. The van der Waals surface area contributed by atoms with E-state index in [0.717, 1.165) is 21.7 Å². The molecule has 210 valence electrons. The number of nitrogens with zero attached hydrogens (tertiary/aromatic N) is 2. The van der Waals surface area contributed by atoms with Crippen LogP contribution in [0, 0.1) is 11.6 Å². The number of phosphoric acid groups is 1. The number of urea groups is 1. The number of fused-ring (bicyclic) bond motifs is 1. The fraction of sp³-hybridized carbons (Fsp3) is 0.292. The van der Waals surface area contributed by atoms with Crippen molar-refractivity contribution in [1.29, 1.82) is 0 Å².